The van der Waals surface area contributed by atoms with Gasteiger partial charge in [0.2, 0.25) is 5.91 Å². The van der Waals surface area contributed by atoms with Crippen molar-refractivity contribution in [2.24, 2.45) is 29.4 Å². The number of aromatic nitrogens is 2. The van der Waals surface area contributed by atoms with Crippen molar-refractivity contribution in [1.82, 2.24) is 14.7 Å². The number of aliphatic carboxylic acids is 1. The number of carboxylic acid groups (broad SMARTS) is 1. The maximum absolute atomic E-state index is 13.7. The second kappa shape index (κ2) is 21.8. The zero-order chi connectivity index (χ0) is 45.0. The van der Waals surface area contributed by atoms with Crippen molar-refractivity contribution in [3.8, 4) is 11.3 Å². The number of ether oxygens (including phenoxy) is 2. The molecule has 5 aliphatic rings. The predicted molar refractivity (Wildman–Crippen MR) is 214 cm³/mol. The first-order valence-corrected chi connectivity index (χ1v) is 20.6. The first-order chi connectivity index (χ1) is 27.8. The van der Waals surface area contributed by atoms with Crippen LogP contribution < -0.4 is 24.6 Å². The SMILES string of the molecule is CC1(F)CC(C(=O)O)C1.CC1(F)CC(CC(=O)N2CCn3nc(-c4ccc(F)c(Cl)c4)c(C(N)=O)c3C2)C1.CCOC(=O)C1CC(C)(F)C1.CCOC(=O)C1CC(C)(O)C1.[Li+].[OH-]. The van der Waals surface area contributed by atoms with Gasteiger partial charge in [0.15, 0.2) is 0 Å². The fourth-order valence-corrected chi connectivity index (χ4v) is 8.45. The van der Waals surface area contributed by atoms with Crippen LogP contribution in [0, 0.1) is 29.5 Å². The minimum absolute atomic E-state index is 0. The van der Waals surface area contributed by atoms with Gasteiger partial charge >= 0.3 is 36.8 Å². The molecular weight excluding hydrogens is 839 g/mol. The van der Waals surface area contributed by atoms with Crippen LogP contribution in [-0.2, 0) is 41.7 Å². The van der Waals surface area contributed by atoms with Gasteiger partial charge < -0.3 is 35.8 Å². The molecule has 1 aliphatic heterocycles. The molecule has 2 amide bonds. The van der Waals surface area contributed by atoms with Crippen LogP contribution in [0.1, 0.15) is 115 Å². The molecule has 0 unspecified atom stereocenters. The topological polar surface area (TPSA) is 221 Å². The molecule has 5 N–H and O–H groups in total. The molecule has 0 atom stereocenters. The van der Waals surface area contributed by atoms with Crippen LogP contribution in [0.3, 0.4) is 0 Å². The number of aliphatic hydroxyl groups is 1. The number of carboxylic acids is 1. The number of halogens is 5. The standard InChI is InChI=1S/C20H21ClF2N4O2.C8H13FO2.C8H14O3.C6H9FO2.Li.H2O/c1-20(23)8-11(9-20)6-16(28)26-4-5-27-15(10-26)17(19(24)29)18(25-27)12-2-3-14(22)13(21)7-12;1-3-11-7(10)6-4-8(2,9)5-6;1-3-11-7(9)6-4-8(2,10)5-6;1-6(7)2-4(3-6)5(8)9;;/h2-3,7,11H,4-6,8-10H2,1H3,(H2,24,29);6H,3-5H2,1-2H3;6,10H,3-5H2,1-2H3;4H,2-3H2,1H3,(H,8,9);;1H2/q;;;;+1;/p-1. The number of esters is 2. The van der Waals surface area contributed by atoms with E-state index in [1.807, 2.05) is 0 Å². The van der Waals surface area contributed by atoms with Crippen LogP contribution in [0.5, 0.6) is 0 Å². The predicted octanol–water partition coefficient (Wildman–Crippen LogP) is 3.75. The largest absolute Gasteiger partial charge is 1.00 e. The molecule has 20 heteroatoms. The Morgan fingerprint density at radius 1 is 0.839 bits per heavy atom. The molecule has 4 saturated carbocycles. The normalized spacial score (nSPS) is 29.8. The number of fused-ring (bicyclic) bond motifs is 1. The van der Waals surface area contributed by atoms with Crippen molar-refractivity contribution in [2.75, 3.05) is 19.8 Å². The Kier molecular flexibility index (Phi) is 19.1. The molecule has 7 rings (SSSR count). The van der Waals surface area contributed by atoms with Crippen LogP contribution in [0.2, 0.25) is 5.02 Å². The summed E-state index contributed by atoms with van der Waals surface area (Å²) in [7, 11) is 0. The zero-order valence-electron chi connectivity index (χ0n) is 36.4. The second-order valence-electron chi connectivity index (χ2n) is 17.6. The third kappa shape index (κ3) is 14.7. The van der Waals surface area contributed by atoms with Crippen LogP contribution in [0.4, 0.5) is 17.6 Å². The summed E-state index contributed by atoms with van der Waals surface area (Å²) in [6.45, 7) is 11.6. The molecule has 4 aliphatic carbocycles. The van der Waals surface area contributed by atoms with E-state index in [0.717, 1.165) is 0 Å². The smallest absolute Gasteiger partial charge is 0.870 e. The summed E-state index contributed by atoms with van der Waals surface area (Å²) in [5.41, 5.74) is 3.00. The number of nitrogens with two attached hydrogens (primary N) is 1. The fraction of sp³-hybridized carbons (Fsp3) is 0.667. The third-order valence-corrected chi connectivity index (χ3v) is 11.6. The van der Waals surface area contributed by atoms with E-state index in [0.29, 0.717) is 88.2 Å². The van der Waals surface area contributed by atoms with E-state index in [1.165, 1.54) is 32.0 Å². The van der Waals surface area contributed by atoms with Crippen LogP contribution >= 0.6 is 11.6 Å². The molecule has 0 spiro atoms. The maximum atomic E-state index is 13.7. The summed E-state index contributed by atoms with van der Waals surface area (Å²) in [6.07, 6.45) is 3.19. The number of carbonyl (C=O) groups excluding carboxylic acids is 4. The van der Waals surface area contributed by atoms with E-state index < -0.39 is 46.2 Å². The minimum atomic E-state index is -1.21. The molecule has 2 aromatic rings. The van der Waals surface area contributed by atoms with E-state index in [-0.39, 0.29) is 89.9 Å². The molecule has 0 saturated heterocycles. The van der Waals surface area contributed by atoms with Crippen molar-refractivity contribution in [3.05, 3.63) is 40.3 Å². The van der Waals surface area contributed by atoms with Crippen molar-refractivity contribution in [2.45, 2.75) is 135 Å². The Balaban J connectivity index is 0.000000330. The van der Waals surface area contributed by atoms with Crippen molar-refractivity contribution in [1.29, 1.82) is 0 Å². The monoisotopic (exact) mass is 896 g/mol. The van der Waals surface area contributed by atoms with E-state index in [1.54, 1.807) is 37.3 Å². The van der Waals surface area contributed by atoms with Gasteiger partial charge in [-0.05, 0) is 117 Å². The van der Waals surface area contributed by atoms with Crippen LogP contribution in [0.15, 0.2) is 18.2 Å². The fourth-order valence-electron chi connectivity index (χ4n) is 8.26. The number of amides is 2. The molecule has 1 aromatic carbocycles. The van der Waals surface area contributed by atoms with E-state index in [4.69, 9.17) is 31.9 Å². The zero-order valence-corrected chi connectivity index (χ0v) is 37.2. The Morgan fingerprint density at radius 2 is 1.32 bits per heavy atom. The van der Waals surface area contributed by atoms with Crippen LogP contribution in [-0.4, -0.2) is 102 Å². The van der Waals surface area contributed by atoms with Crippen LogP contribution in [0.25, 0.3) is 11.3 Å². The quantitative estimate of drug-likeness (QED) is 0.187. The van der Waals surface area contributed by atoms with Gasteiger partial charge in [-0.2, -0.15) is 5.10 Å². The summed E-state index contributed by atoms with van der Waals surface area (Å²) in [5.74, 6) is -3.24. The molecule has 14 nitrogen and oxygen atoms in total. The average Bonchev–Trinajstić information content (AvgIpc) is 3.49. The van der Waals surface area contributed by atoms with Gasteiger partial charge in [-0.25, -0.2) is 17.6 Å². The van der Waals surface area contributed by atoms with E-state index in [9.17, 15) is 46.6 Å². The Morgan fingerprint density at radius 3 is 1.73 bits per heavy atom. The van der Waals surface area contributed by atoms with Gasteiger partial charge in [-0.15, -0.1) is 0 Å². The van der Waals surface area contributed by atoms with Crippen molar-refractivity contribution >= 4 is 41.3 Å². The summed E-state index contributed by atoms with van der Waals surface area (Å²) in [4.78, 5) is 58.5. The number of benzene rings is 1. The van der Waals surface area contributed by atoms with Gasteiger partial charge in [-0.1, -0.05) is 11.6 Å². The minimum Gasteiger partial charge on any atom is -0.870 e. The number of carbonyl (C=O) groups is 5. The van der Waals surface area contributed by atoms with Gasteiger partial charge in [0.05, 0.1) is 65.9 Å². The van der Waals surface area contributed by atoms with Gasteiger partial charge in [0, 0.05) is 18.5 Å². The van der Waals surface area contributed by atoms with Crippen molar-refractivity contribution in [3.63, 3.8) is 0 Å². The summed E-state index contributed by atoms with van der Waals surface area (Å²) < 4.78 is 63.8. The van der Waals surface area contributed by atoms with Crippen molar-refractivity contribution < 1.29 is 85.6 Å². The number of rotatable bonds is 9. The number of nitrogens with zero attached hydrogens (tertiary/aromatic N) is 3. The summed E-state index contributed by atoms with van der Waals surface area (Å²) in [5, 5.41) is 22.0. The first-order valence-electron chi connectivity index (χ1n) is 20.2. The number of hydrogen-bond acceptors (Lipinski definition) is 10. The van der Waals surface area contributed by atoms with Gasteiger partial charge in [-0.3, -0.25) is 28.7 Å². The molecule has 0 bridgehead atoms. The summed E-state index contributed by atoms with van der Waals surface area (Å²) >= 11 is 5.87. The third-order valence-electron chi connectivity index (χ3n) is 11.3. The number of alkyl halides is 3. The number of primary amides is 1. The van der Waals surface area contributed by atoms with Gasteiger partial charge in [0.25, 0.3) is 5.91 Å². The van der Waals surface area contributed by atoms with E-state index >= 15 is 0 Å². The molecule has 0 radical (unpaired) electrons. The Hall–Kier alpha value is -3.69. The maximum Gasteiger partial charge on any atom is 1.00 e. The molecule has 2 heterocycles. The molecule has 1 aromatic heterocycles. The molecule has 4 fully saturated rings. The van der Waals surface area contributed by atoms with E-state index in [2.05, 4.69) is 5.10 Å². The molecule has 342 valence electrons. The summed E-state index contributed by atoms with van der Waals surface area (Å²) in [6, 6.07) is 4.08. The first kappa shape index (κ1) is 54.4. The molecule has 62 heavy (non-hydrogen) atoms. The number of hydrogen-bond donors (Lipinski definition) is 3. The Bertz CT molecular complexity index is 1860. The Labute approximate surface area is 376 Å². The molecular formula is C42H58ClF4LiN4O10. The van der Waals surface area contributed by atoms with Gasteiger partial charge in [0.1, 0.15) is 28.5 Å². The second-order valence-corrected chi connectivity index (χ2v) is 18.0. The average molecular weight is 897 g/mol.